The molecular formula is C19H20N4O4. The van der Waals surface area contributed by atoms with Crippen molar-refractivity contribution in [2.24, 2.45) is 0 Å². The first-order valence-corrected chi connectivity index (χ1v) is 8.24. The number of nitrogens with one attached hydrogen (secondary N) is 2. The molecule has 0 aliphatic rings. The number of amides is 1. The van der Waals surface area contributed by atoms with Gasteiger partial charge in [-0.2, -0.15) is 0 Å². The van der Waals surface area contributed by atoms with Gasteiger partial charge in [0, 0.05) is 12.6 Å². The van der Waals surface area contributed by atoms with Gasteiger partial charge in [0.25, 0.3) is 5.91 Å². The van der Waals surface area contributed by atoms with Crippen molar-refractivity contribution >= 4 is 17.4 Å². The Morgan fingerprint density at radius 3 is 2.56 bits per heavy atom. The van der Waals surface area contributed by atoms with Crippen LogP contribution in [0.15, 0.2) is 47.1 Å². The maximum absolute atomic E-state index is 12.3. The smallest absolute Gasteiger partial charge is 0.270 e. The highest BCUT2D eigenvalue weighted by Crippen LogP contribution is 2.27. The van der Waals surface area contributed by atoms with E-state index >= 15 is 0 Å². The van der Waals surface area contributed by atoms with E-state index in [-0.39, 0.29) is 5.91 Å². The van der Waals surface area contributed by atoms with Crippen molar-refractivity contribution in [3.63, 3.8) is 0 Å². The topological polar surface area (TPSA) is 98.5 Å². The standard InChI is InChI=1S/C19H20N4O4/c1-12-8-18(23-27-12)22-14-5-6-15(20-11-14)19(24)21-10-13-4-7-16(25-2)17(9-13)26-3/h4-9,11H,10H2,1-3H3,(H,21,24)(H,22,23). The molecule has 0 spiro atoms. The minimum atomic E-state index is -0.270. The Morgan fingerprint density at radius 2 is 1.93 bits per heavy atom. The number of hydrogen-bond acceptors (Lipinski definition) is 7. The molecule has 0 aliphatic heterocycles. The van der Waals surface area contributed by atoms with Crippen LogP contribution < -0.4 is 20.1 Å². The van der Waals surface area contributed by atoms with Crippen molar-refractivity contribution in [2.75, 3.05) is 19.5 Å². The molecule has 1 amide bonds. The number of carbonyl (C=O) groups excluding carboxylic acids is 1. The van der Waals surface area contributed by atoms with Gasteiger partial charge in [-0.05, 0) is 36.8 Å². The number of benzene rings is 1. The average molecular weight is 368 g/mol. The third-order valence-corrected chi connectivity index (χ3v) is 3.80. The quantitative estimate of drug-likeness (QED) is 0.661. The van der Waals surface area contributed by atoms with E-state index in [1.807, 2.05) is 19.1 Å². The van der Waals surface area contributed by atoms with E-state index in [9.17, 15) is 4.79 Å². The normalized spacial score (nSPS) is 10.3. The molecule has 2 heterocycles. The lowest BCUT2D eigenvalue weighted by Gasteiger charge is -2.10. The van der Waals surface area contributed by atoms with Gasteiger partial charge in [0.2, 0.25) is 0 Å². The Bertz CT molecular complexity index is 922. The Hall–Kier alpha value is -3.55. The molecule has 0 saturated heterocycles. The van der Waals surface area contributed by atoms with E-state index in [0.717, 1.165) is 5.56 Å². The summed E-state index contributed by atoms with van der Waals surface area (Å²) in [5.74, 6) is 2.27. The Kier molecular flexibility index (Phi) is 5.55. The lowest BCUT2D eigenvalue weighted by molar-refractivity contribution is 0.0946. The summed E-state index contributed by atoms with van der Waals surface area (Å²) < 4.78 is 15.5. The molecule has 0 aliphatic carbocycles. The van der Waals surface area contributed by atoms with E-state index in [0.29, 0.717) is 41.0 Å². The summed E-state index contributed by atoms with van der Waals surface area (Å²) in [5, 5.41) is 9.72. The molecule has 8 heteroatoms. The molecule has 2 aromatic heterocycles. The van der Waals surface area contributed by atoms with E-state index < -0.39 is 0 Å². The van der Waals surface area contributed by atoms with Gasteiger partial charge in [-0.3, -0.25) is 4.79 Å². The van der Waals surface area contributed by atoms with E-state index in [1.165, 1.54) is 0 Å². The van der Waals surface area contributed by atoms with Crippen LogP contribution in [0.4, 0.5) is 11.5 Å². The number of anilines is 2. The first-order chi connectivity index (χ1) is 13.1. The highest BCUT2D eigenvalue weighted by molar-refractivity contribution is 5.92. The lowest BCUT2D eigenvalue weighted by Crippen LogP contribution is -2.23. The van der Waals surface area contributed by atoms with E-state index in [1.54, 1.807) is 44.7 Å². The molecule has 0 radical (unpaired) electrons. The molecule has 0 unspecified atom stereocenters. The number of aromatic nitrogens is 2. The zero-order valence-electron chi connectivity index (χ0n) is 15.3. The Balaban J connectivity index is 1.59. The fourth-order valence-electron chi connectivity index (χ4n) is 2.44. The van der Waals surface area contributed by atoms with Crippen LogP contribution in [0.3, 0.4) is 0 Å². The SMILES string of the molecule is COc1ccc(CNC(=O)c2ccc(Nc3cc(C)on3)cn2)cc1OC. The highest BCUT2D eigenvalue weighted by Gasteiger charge is 2.09. The third-order valence-electron chi connectivity index (χ3n) is 3.80. The molecule has 0 atom stereocenters. The molecule has 0 bridgehead atoms. The van der Waals surface area contributed by atoms with Gasteiger partial charge in [-0.1, -0.05) is 11.2 Å². The first-order valence-electron chi connectivity index (χ1n) is 8.24. The maximum Gasteiger partial charge on any atom is 0.270 e. The number of nitrogens with zero attached hydrogens (tertiary/aromatic N) is 2. The van der Waals surface area contributed by atoms with Gasteiger partial charge in [-0.25, -0.2) is 4.98 Å². The minimum Gasteiger partial charge on any atom is -0.493 e. The van der Waals surface area contributed by atoms with Crippen LogP contribution in [0.5, 0.6) is 11.5 Å². The van der Waals surface area contributed by atoms with Crippen molar-refractivity contribution in [3.05, 3.63) is 59.6 Å². The summed E-state index contributed by atoms with van der Waals surface area (Å²) in [6.07, 6.45) is 1.56. The summed E-state index contributed by atoms with van der Waals surface area (Å²) >= 11 is 0. The number of aryl methyl sites for hydroxylation is 1. The second-order valence-electron chi connectivity index (χ2n) is 5.75. The zero-order chi connectivity index (χ0) is 19.2. The van der Waals surface area contributed by atoms with Crippen LogP contribution in [0.1, 0.15) is 21.8 Å². The fourth-order valence-corrected chi connectivity index (χ4v) is 2.44. The van der Waals surface area contributed by atoms with Gasteiger partial charge in [0.15, 0.2) is 17.3 Å². The van der Waals surface area contributed by atoms with Gasteiger partial charge in [0.05, 0.1) is 26.1 Å². The molecule has 3 rings (SSSR count). The number of hydrogen-bond donors (Lipinski definition) is 2. The zero-order valence-corrected chi connectivity index (χ0v) is 15.3. The number of methoxy groups -OCH3 is 2. The molecule has 27 heavy (non-hydrogen) atoms. The minimum absolute atomic E-state index is 0.270. The predicted octanol–water partition coefficient (Wildman–Crippen LogP) is 3.07. The molecule has 3 aromatic rings. The number of pyridine rings is 1. The average Bonchev–Trinajstić information content (AvgIpc) is 3.11. The number of rotatable bonds is 7. The lowest BCUT2D eigenvalue weighted by atomic mass is 10.2. The second kappa shape index (κ2) is 8.22. The molecular weight excluding hydrogens is 348 g/mol. The first kappa shape index (κ1) is 18.2. The van der Waals surface area contributed by atoms with Crippen LogP contribution >= 0.6 is 0 Å². The van der Waals surface area contributed by atoms with Gasteiger partial charge in [-0.15, -0.1) is 0 Å². The monoisotopic (exact) mass is 368 g/mol. The van der Waals surface area contributed by atoms with Crippen LogP contribution in [-0.4, -0.2) is 30.3 Å². The van der Waals surface area contributed by atoms with E-state index in [2.05, 4.69) is 20.8 Å². The van der Waals surface area contributed by atoms with Gasteiger partial charge >= 0.3 is 0 Å². The molecule has 0 saturated carbocycles. The second-order valence-corrected chi connectivity index (χ2v) is 5.75. The van der Waals surface area contributed by atoms with Crippen LogP contribution in [0.2, 0.25) is 0 Å². The summed E-state index contributed by atoms with van der Waals surface area (Å²) in [7, 11) is 3.15. The van der Waals surface area contributed by atoms with Crippen LogP contribution in [0, 0.1) is 6.92 Å². The van der Waals surface area contributed by atoms with Crippen molar-refractivity contribution in [3.8, 4) is 11.5 Å². The van der Waals surface area contributed by atoms with Gasteiger partial charge < -0.3 is 24.6 Å². The molecule has 8 nitrogen and oxygen atoms in total. The summed E-state index contributed by atoms with van der Waals surface area (Å²) in [5.41, 5.74) is 1.91. The van der Waals surface area contributed by atoms with Crippen LogP contribution in [0.25, 0.3) is 0 Å². The molecule has 0 fully saturated rings. The molecule has 2 N–H and O–H groups in total. The highest BCUT2D eigenvalue weighted by atomic mass is 16.5. The van der Waals surface area contributed by atoms with E-state index in [4.69, 9.17) is 14.0 Å². The third kappa shape index (κ3) is 4.55. The predicted molar refractivity (Wildman–Crippen MR) is 99.5 cm³/mol. The Labute approximate surface area is 156 Å². The number of carbonyl (C=O) groups is 1. The fraction of sp³-hybridized carbons (Fsp3) is 0.211. The van der Waals surface area contributed by atoms with Crippen molar-refractivity contribution in [1.29, 1.82) is 0 Å². The van der Waals surface area contributed by atoms with Crippen LogP contribution in [-0.2, 0) is 6.54 Å². The largest absolute Gasteiger partial charge is 0.493 e. The molecule has 140 valence electrons. The Morgan fingerprint density at radius 1 is 1.11 bits per heavy atom. The molecule has 1 aromatic carbocycles. The van der Waals surface area contributed by atoms with Crippen molar-refractivity contribution in [2.45, 2.75) is 13.5 Å². The summed E-state index contributed by atoms with van der Waals surface area (Å²) in [6.45, 7) is 2.15. The van der Waals surface area contributed by atoms with Gasteiger partial charge in [0.1, 0.15) is 11.5 Å². The van der Waals surface area contributed by atoms with Crippen molar-refractivity contribution in [1.82, 2.24) is 15.5 Å². The summed E-state index contributed by atoms with van der Waals surface area (Å²) in [6, 6.07) is 10.6. The summed E-state index contributed by atoms with van der Waals surface area (Å²) in [4.78, 5) is 16.5. The number of ether oxygens (including phenoxy) is 2. The maximum atomic E-state index is 12.3. The van der Waals surface area contributed by atoms with Crippen molar-refractivity contribution < 1.29 is 18.8 Å².